The summed E-state index contributed by atoms with van der Waals surface area (Å²) in [7, 11) is -3.80. The van der Waals surface area contributed by atoms with Crippen LogP contribution in [-0.4, -0.2) is 37.9 Å². The number of hydrogen-bond donors (Lipinski definition) is 0. The van der Waals surface area contributed by atoms with E-state index in [0.29, 0.717) is 25.0 Å². The summed E-state index contributed by atoms with van der Waals surface area (Å²) < 4.78 is 36.7. The van der Waals surface area contributed by atoms with Gasteiger partial charge < -0.3 is 0 Å². The molecule has 2 unspecified atom stereocenters. The van der Waals surface area contributed by atoms with E-state index in [-0.39, 0.29) is 0 Å². The first-order valence-electron chi connectivity index (χ1n) is 24.9. The first kappa shape index (κ1) is 54.5. The molecule has 0 aliphatic rings. The van der Waals surface area contributed by atoms with Gasteiger partial charge in [-0.15, -0.1) is 0 Å². The fourth-order valence-corrected chi connectivity index (χ4v) is 18.8. The van der Waals surface area contributed by atoms with Crippen LogP contribution in [0.1, 0.15) is 261 Å². The van der Waals surface area contributed by atoms with E-state index in [2.05, 4.69) is 55.4 Å². The Bertz CT molecular complexity index is 778. The van der Waals surface area contributed by atoms with Gasteiger partial charge in [0.05, 0.1) is 0 Å². The Kier molecular flexibility index (Phi) is 37.0. The zero-order chi connectivity index (χ0) is 40.1. The molecule has 0 aliphatic carbocycles. The quantitative estimate of drug-likeness (QED) is 0.0454. The first-order valence-corrected chi connectivity index (χ1v) is 29.2. The Labute approximate surface area is 342 Å². The number of phosphoric ester groups is 1. The molecule has 0 N–H and O–H groups in total. The molecule has 328 valence electrons. The number of phosphoric acid groups is 1. The molecule has 0 fully saturated rings. The van der Waals surface area contributed by atoms with Gasteiger partial charge in [0.2, 0.25) is 0 Å². The van der Waals surface area contributed by atoms with Gasteiger partial charge in [-0.05, 0) is 0 Å². The maximum absolute atomic E-state index is 15.6. The van der Waals surface area contributed by atoms with Gasteiger partial charge in [-0.3, -0.25) is 0 Å². The van der Waals surface area contributed by atoms with Crippen LogP contribution in [-0.2, 0) is 17.9 Å². The second-order valence-corrected chi connectivity index (χ2v) is 25.3. The third-order valence-corrected chi connectivity index (χ3v) is 22.0. The molecule has 0 radical (unpaired) electrons. The predicted molar refractivity (Wildman–Crippen MR) is 247 cm³/mol. The summed E-state index contributed by atoms with van der Waals surface area (Å²) >= 11 is 0. The predicted octanol–water partition coefficient (Wildman–Crippen LogP) is 18.5. The topological polar surface area (TPSA) is 44.8 Å². The van der Waals surface area contributed by atoms with Crippen LogP contribution in [0, 0.1) is 11.8 Å². The van der Waals surface area contributed by atoms with E-state index >= 15 is 4.57 Å². The molecular formula is C48H102O4P2. The molecule has 0 amide bonds. The van der Waals surface area contributed by atoms with Crippen molar-refractivity contribution >= 4 is 14.7 Å². The third kappa shape index (κ3) is 27.3. The van der Waals surface area contributed by atoms with Crippen molar-refractivity contribution < 1.29 is 17.9 Å². The molecule has 54 heavy (non-hydrogen) atoms. The summed E-state index contributed by atoms with van der Waals surface area (Å²) in [5.74, 6) is 0.794. The summed E-state index contributed by atoms with van der Waals surface area (Å²) in [5.41, 5.74) is 0. The molecule has 0 aromatic heterocycles. The Morgan fingerprint density at radius 1 is 0.370 bits per heavy atom. The van der Waals surface area contributed by atoms with Crippen LogP contribution in [0.3, 0.4) is 0 Å². The monoisotopic (exact) mass is 805 g/mol. The van der Waals surface area contributed by atoms with E-state index in [0.717, 1.165) is 50.3 Å². The minimum absolute atomic E-state index is 0.397. The molecule has 6 heteroatoms. The molecule has 2 atom stereocenters. The van der Waals surface area contributed by atoms with Crippen LogP contribution < -0.4 is 0 Å². The van der Waals surface area contributed by atoms with E-state index in [1.54, 1.807) is 0 Å². The summed E-state index contributed by atoms with van der Waals surface area (Å²) in [5, 5.41) is 0. The molecule has 0 aromatic carbocycles. The van der Waals surface area contributed by atoms with Crippen LogP contribution in [0.15, 0.2) is 0 Å². The van der Waals surface area contributed by atoms with E-state index in [4.69, 9.17) is 13.4 Å². The van der Waals surface area contributed by atoms with Crippen molar-refractivity contribution in [2.75, 3.05) is 37.9 Å². The average Bonchev–Trinajstić information content (AvgIpc) is 3.18. The van der Waals surface area contributed by atoms with Gasteiger partial charge in [0.25, 0.3) is 0 Å². The molecule has 0 saturated heterocycles. The van der Waals surface area contributed by atoms with E-state index in [1.807, 2.05) is 0 Å². The van der Waals surface area contributed by atoms with Crippen molar-refractivity contribution in [1.82, 2.24) is 0 Å². The van der Waals surface area contributed by atoms with E-state index in [9.17, 15) is 0 Å². The first-order chi connectivity index (χ1) is 26.2. The van der Waals surface area contributed by atoms with Crippen molar-refractivity contribution in [3.05, 3.63) is 0 Å². The van der Waals surface area contributed by atoms with Crippen LogP contribution in [0.4, 0.5) is 0 Å². The fourth-order valence-electron chi connectivity index (χ4n) is 8.56. The fraction of sp³-hybridized carbons (Fsp3) is 1.00. The van der Waals surface area contributed by atoms with Crippen LogP contribution >= 0.6 is 14.7 Å². The molecule has 0 saturated carbocycles. The molecule has 0 aliphatic heterocycles. The van der Waals surface area contributed by atoms with Crippen LogP contribution in [0.25, 0.3) is 0 Å². The van der Waals surface area contributed by atoms with Gasteiger partial charge in [-0.1, -0.05) is 13.3 Å². The van der Waals surface area contributed by atoms with E-state index in [1.165, 1.54) is 180 Å². The van der Waals surface area contributed by atoms with Gasteiger partial charge >= 0.3 is 330 Å². The van der Waals surface area contributed by atoms with Crippen molar-refractivity contribution in [2.45, 2.75) is 261 Å². The molecule has 0 heterocycles. The second kappa shape index (κ2) is 36.6. The average molecular weight is 805 g/mol. The van der Waals surface area contributed by atoms with Crippen molar-refractivity contribution in [3.63, 3.8) is 0 Å². The third-order valence-electron chi connectivity index (χ3n) is 12.7. The minimum atomic E-state index is -3.80. The summed E-state index contributed by atoms with van der Waals surface area (Å²) in [6.45, 7) is 16.3. The molecule has 4 nitrogen and oxygen atoms in total. The van der Waals surface area contributed by atoms with Gasteiger partial charge in [0.15, 0.2) is 0 Å². The summed E-state index contributed by atoms with van der Waals surface area (Å²) in [4.78, 5) is 0. The molecule has 0 bridgehead atoms. The number of hydrogen-bond acceptors (Lipinski definition) is 4. The SMILES string of the molecule is CCCCCCCCCCCCCCP(CCCCCC)(CCCCCC)(CCCCCC)OP(=O)(OCC(CC)CCCC)OCC(CC)CCCC. The van der Waals surface area contributed by atoms with E-state index < -0.39 is 14.7 Å². The van der Waals surface area contributed by atoms with Gasteiger partial charge in [0, 0.05) is 0 Å². The number of rotatable bonds is 44. The Morgan fingerprint density at radius 3 is 0.907 bits per heavy atom. The summed E-state index contributed by atoms with van der Waals surface area (Å²) in [6.07, 6.45) is 44.6. The van der Waals surface area contributed by atoms with Crippen molar-refractivity contribution in [3.8, 4) is 0 Å². The van der Waals surface area contributed by atoms with Gasteiger partial charge in [-0.25, -0.2) is 0 Å². The summed E-state index contributed by atoms with van der Waals surface area (Å²) in [6, 6.07) is 0. The van der Waals surface area contributed by atoms with Crippen LogP contribution in [0.5, 0.6) is 0 Å². The Morgan fingerprint density at radius 2 is 0.630 bits per heavy atom. The normalized spacial score (nSPS) is 15.2. The molecule has 0 rings (SSSR count). The zero-order valence-electron chi connectivity index (χ0n) is 38.6. The van der Waals surface area contributed by atoms with Gasteiger partial charge in [-0.2, -0.15) is 0 Å². The molecule has 0 aromatic rings. The standard InChI is InChI=1S/C48H102O4P2/c1-9-17-23-27-28-29-30-31-32-33-34-38-44-54(41-35-24-18-10-2,42-36-25-19-11-3,43-37-26-20-12-4)52-53(49,50-45-47(15-7)39-21-13-5)51-46-48(16-8)40-22-14-6/h47-48H,9-46H2,1-8H3. The zero-order valence-corrected chi connectivity index (χ0v) is 40.3. The van der Waals surface area contributed by atoms with Crippen molar-refractivity contribution in [1.29, 1.82) is 0 Å². The molecular weight excluding hydrogens is 702 g/mol. The second-order valence-electron chi connectivity index (χ2n) is 17.8. The van der Waals surface area contributed by atoms with Crippen LogP contribution in [0.2, 0.25) is 0 Å². The Balaban J connectivity index is 6.61. The van der Waals surface area contributed by atoms with Gasteiger partial charge in [0.1, 0.15) is 0 Å². The van der Waals surface area contributed by atoms with Crippen molar-refractivity contribution in [2.24, 2.45) is 11.8 Å². The maximum atomic E-state index is 15.6. The number of unbranched alkanes of at least 4 members (excludes halogenated alkanes) is 22. The Hall–Kier alpha value is 0.540. The molecule has 0 spiro atoms.